The quantitative estimate of drug-likeness (QED) is 0.433. The molecule has 6 heteroatoms. The van der Waals surface area contributed by atoms with E-state index < -0.39 is 5.91 Å². The van der Waals surface area contributed by atoms with Crippen LogP contribution in [-0.2, 0) is 4.79 Å². The van der Waals surface area contributed by atoms with Crippen LogP contribution in [0.4, 0.5) is 5.69 Å². The third-order valence-electron chi connectivity index (χ3n) is 3.73. The Balaban J connectivity index is 2.32. The van der Waals surface area contributed by atoms with Crippen molar-refractivity contribution in [2.75, 3.05) is 18.5 Å². The Morgan fingerprint density at radius 2 is 2.04 bits per heavy atom. The number of carbonyl (C=O) groups is 1. The minimum absolute atomic E-state index is 0.00178. The fourth-order valence-electron chi connectivity index (χ4n) is 2.51. The summed E-state index contributed by atoms with van der Waals surface area (Å²) >= 11 is 3.49. The number of nitrogens with zero attached hydrogens (tertiary/aromatic N) is 1. The Morgan fingerprint density at radius 1 is 1.25 bits per heavy atom. The van der Waals surface area contributed by atoms with Crippen LogP contribution in [-0.4, -0.2) is 19.1 Å². The van der Waals surface area contributed by atoms with Crippen molar-refractivity contribution in [3.63, 3.8) is 0 Å². The minimum atomic E-state index is -0.464. The molecule has 0 aliphatic heterocycles. The second kappa shape index (κ2) is 10.5. The van der Waals surface area contributed by atoms with Crippen LogP contribution in [0, 0.1) is 18.3 Å². The lowest BCUT2D eigenvalue weighted by atomic mass is 10.1. The molecule has 146 valence electrons. The number of amides is 1. The molecule has 2 rings (SSSR count). The maximum Gasteiger partial charge on any atom is 0.266 e. The number of hydrogen-bond donors (Lipinski definition) is 1. The number of benzene rings is 2. The maximum atomic E-state index is 12.5. The predicted molar refractivity (Wildman–Crippen MR) is 114 cm³/mol. The molecule has 2 aromatic carbocycles. The summed E-state index contributed by atoms with van der Waals surface area (Å²) in [5, 5.41) is 12.2. The number of nitriles is 1. The standard InChI is InChI=1S/C22H23BrN2O3/c1-4-9-28-21-19(23)12-16(13-20(21)27-5-2)11-17(14-24)22(26)25-18-8-6-7-15(3)10-18/h6-8,10-13H,4-5,9H2,1-3H3,(H,25,26)/b17-11-. The van der Waals surface area contributed by atoms with E-state index in [2.05, 4.69) is 21.2 Å². The zero-order chi connectivity index (χ0) is 20.5. The van der Waals surface area contributed by atoms with Crippen LogP contribution in [0.3, 0.4) is 0 Å². The SMILES string of the molecule is CCCOc1c(Br)cc(/C=C(/C#N)C(=O)Nc2cccc(C)c2)cc1OCC. The number of hydrogen-bond acceptors (Lipinski definition) is 4. The lowest BCUT2D eigenvalue weighted by Gasteiger charge is -2.14. The molecule has 0 radical (unpaired) electrons. The van der Waals surface area contributed by atoms with Gasteiger partial charge in [-0.15, -0.1) is 0 Å². The normalized spacial score (nSPS) is 10.9. The van der Waals surface area contributed by atoms with Crippen LogP contribution in [0.5, 0.6) is 11.5 Å². The zero-order valence-corrected chi connectivity index (χ0v) is 17.8. The molecule has 0 aromatic heterocycles. The van der Waals surface area contributed by atoms with E-state index in [0.717, 1.165) is 12.0 Å². The molecule has 0 aliphatic rings. The van der Waals surface area contributed by atoms with E-state index in [-0.39, 0.29) is 5.57 Å². The van der Waals surface area contributed by atoms with Gasteiger partial charge in [0, 0.05) is 5.69 Å². The summed E-state index contributed by atoms with van der Waals surface area (Å²) < 4.78 is 12.1. The largest absolute Gasteiger partial charge is 0.490 e. The summed E-state index contributed by atoms with van der Waals surface area (Å²) in [7, 11) is 0. The molecule has 1 N–H and O–H groups in total. The molecule has 0 fully saturated rings. The van der Waals surface area contributed by atoms with Gasteiger partial charge in [0.15, 0.2) is 11.5 Å². The van der Waals surface area contributed by atoms with Crippen molar-refractivity contribution in [2.24, 2.45) is 0 Å². The molecular weight excluding hydrogens is 420 g/mol. The summed E-state index contributed by atoms with van der Waals surface area (Å²) in [6.45, 7) is 6.89. The van der Waals surface area contributed by atoms with E-state index in [1.54, 1.807) is 18.2 Å². The third kappa shape index (κ3) is 5.86. The number of anilines is 1. The Labute approximate surface area is 174 Å². The highest BCUT2D eigenvalue weighted by molar-refractivity contribution is 9.10. The van der Waals surface area contributed by atoms with E-state index in [0.29, 0.717) is 40.4 Å². The van der Waals surface area contributed by atoms with Crippen LogP contribution in [0.2, 0.25) is 0 Å². The van der Waals surface area contributed by atoms with Crippen molar-refractivity contribution in [3.05, 3.63) is 57.6 Å². The first-order valence-corrected chi connectivity index (χ1v) is 9.86. The van der Waals surface area contributed by atoms with E-state index >= 15 is 0 Å². The summed E-state index contributed by atoms with van der Waals surface area (Å²) in [5.41, 5.74) is 2.33. The summed E-state index contributed by atoms with van der Waals surface area (Å²) in [6, 6.07) is 12.9. The van der Waals surface area contributed by atoms with Crippen molar-refractivity contribution in [3.8, 4) is 17.6 Å². The van der Waals surface area contributed by atoms with Gasteiger partial charge in [-0.2, -0.15) is 5.26 Å². The molecule has 0 spiro atoms. The molecule has 1 amide bonds. The second-order valence-corrected chi connectivity index (χ2v) is 6.96. The first kappa shape index (κ1) is 21.5. The summed E-state index contributed by atoms with van der Waals surface area (Å²) in [4.78, 5) is 12.5. The average molecular weight is 443 g/mol. The van der Waals surface area contributed by atoms with Gasteiger partial charge in [0.1, 0.15) is 11.6 Å². The average Bonchev–Trinajstić information content (AvgIpc) is 2.65. The predicted octanol–water partition coefficient (Wildman–Crippen LogP) is 5.49. The molecule has 28 heavy (non-hydrogen) atoms. The highest BCUT2D eigenvalue weighted by atomic mass is 79.9. The number of rotatable bonds is 8. The van der Waals surface area contributed by atoms with Gasteiger partial charge in [0.2, 0.25) is 0 Å². The van der Waals surface area contributed by atoms with Crippen molar-refractivity contribution in [2.45, 2.75) is 27.2 Å². The van der Waals surface area contributed by atoms with Crippen LogP contribution < -0.4 is 14.8 Å². The molecule has 0 bridgehead atoms. The Hall–Kier alpha value is -2.78. The molecule has 0 atom stereocenters. The lowest BCUT2D eigenvalue weighted by molar-refractivity contribution is -0.112. The highest BCUT2D eigenvalue weighted by Gasteiger charge is 2.14. The van der Waals surface area contributed by atoms with E-state index in [1.165, 1.54) is 6.08 Å². The summed E-state index contributed by atoms with van der Waals surface area (Å²) in [5.74, 6) is 0.713. The smallest absolute Gasteiger partial charge is 0.266 e. The van der Waals surface area contributed by atoms with E-state index in [4.69, 9.17) is 9.47 Å². The van der Waals surface area contributed by atoms with Gasteiger partial charge in [-0.25, -0.2) is 0 Å². The van der Waals surface area contributed by atoms with Gasteiger partial charge >= 0.3 is 0 Å². The molecule has 0 aliphatic carbocycles. The second-order valence-electron chi connectivity index (χ2n) is 6.10. The fraction of sp³-hybridized carbons (Fsp3) is 0.273. The van der Waals surface area contributed by atoms with Crippen LogP contribution in [0.15, 0.2) is 46.4 Å². The van der Waals surface area contributed by atoms with E-state index in [9.17, 15) is 10.1 Å². The molecule has 2 aromatic rings. The molecule has 0 unspecified atom stereocenters. The van der Waals surface area contributed by atoms with Crippen molar-refractivity contribution >= 4 is 33.6 Å². The van der Waals surface area contributed by atoms with Crippen molar-refractivity contribution in [1.29, 1.82) is 5.26 Å². The van der Waals surface area contributed by atoms with Crippen LogP contribution >= 0.6 is 15.9 Å². The molecule has 5 nitrogen and oxygen atoms in total. The lowest BCUT2D eigenvalue weighted by Crippen LogP contribution is -2.13. The number of ether oxygens (including phenoxy) is 2. The van der Waals surface area contributed by atoms with E-state index in [1.807, 2.05) is 45.0 Å². The van der Waals surface area contributed by atoms with Gasteiger partial charge in [-0.3, -0.25) is 4.79 Å². The minimum Gasteiger partial charge on any atom is -0.490 e. The molecular formula is C22H23BrN2O3. The number of aryl methyl sites for hydroxylation is 1. The first-order valence-electron chi connectivity index (χ1n) is 9.07. The zero-order valence-electron chi connectivity index (χ0n) is 16.2. The maximum absolute atomic E-state index is 12.5. The van der Waals surface area contributed by atoms with Crippen LogP contribution in [0.25, 0.3) is 6.08 Å². The van der Waals surface area contributed by atoms with Crippen molar-refractivity contribution < 1.29 is 14.3 Å². The van der Waals surface area contributed by atoms with Crippen molar-refractivity contribution in [1.82, 2.24) is 0 Å². The Bertz CT molecular complexity index is 916. The van der Waals surface area contributed by atoms with Gasteiger partial charge in [0.25, 0.3) is 5.91 Å². The monoisotopic (exact) mass is 442 g/mol. The van der Waals surface area contributed by atoms with Gasteiger partial charge in [-0.1, -0.05) is 19.1 Å². The molecule has 0 saturated heterocycles. The van der Waals surface area contributed by atoms with Gasteiger partial charge in [0.05, 0.1) is 17.7 Å². The Kier molecular flexibility index (Phi) is 8.09. The number of halogens is 1. The van der Waals surface area contributed by atoms with Crippen LogP contribution in [0.1, 0.15) is 31.4 Å². The number of nitrogens with one attached hydrogen (secondary N) is 1. The molecule has 0 heterocycles. The first-order chi connectivity index (χ1) is 13.5. The number of carbonyl (C=O) groups excluding carboxylic acids is 1. The molecule has 0 saturated carbocycles. The summed E-state index contributed by atoms with van der Waals surface area (Å²) in [6.07, 6.45) is 2.40. The Morgan fingerprint density at radius 3 is 2.68 bits per heavy atom. The topological polar surface area (TPSA) is 71.3 Å². The van der Waals surface area contributed by atoms with Gasteiger partial charge < -0.3 is 14.8 Å². The van der Waals surface area contributed by atoms with Gasteiger partial charge in [-0.05, 0) is 77.7 Å². The fourth-order valence-corrected chi connectivity index (χ4v) is 3.09. The third-order valence-corrected chi connectivity index (χ3v) is 4.32. The highest BCUT2D eigenvalue weighted by Crippen LogP contribution is 2.37.